The van der Waals surface area contributed by atoms with E-state index in [1.54, 1.807) is 0 Å². The second-order valence-electron chi connectivity index (χ2n) is 7.11. The van der Waals surface area contributed by atoms with Crippen molar-refractivity contribution in [3.05, 3.63) is 0 Å². The van der Waals surface area contributed by atoms with Gasteiger partial charge in [0.25, 0.3) is 0 Å². The zero-order chi connectivity index (χ0) is 15.5. The molecule has 2 rings (SSSR count). The lowest BCUT2D eigenvalue weighted by atomic mass is 9.91. The van der Waals surface area contributed by atoms with Gasteiger partial charge in [-0.05, 0) is 51.0 Å². The average molecular weight is 296 g/mol. The maximum atomic E-state index is 12.7. The molecule has 1 atom stereocenters. The van der Waals surface area contributed by atoms with Crippen LogP contribution >= 0.6 is 0 Å². The van der Waals surface area contributed by atoms with E-state index in [9.17, 15) is 4.79 Å². The summed E-state index contributed by atoms with van der Waals surface area (Å²) in [7, 11) is 0. The Balaban J connectivity index is 2.13. The summed E-state index contributed by atoms with van der Waals surface area (Å²) in [4.78, 5) is 15.1. The first-order chi connectivity index (χ1) is 10.0. The van der Waals surface area contributed by atoms with Crippen LogP contribution in [0.15, 0.2) is 0 Å². The molecule has 0 aliphatic heterocycles. The number of hydrogen-bond donors (Lipinski definition) is 1. The Bertz CT molecular complexity index is 351. The number of rotatable bonds is 10. The van der Waals surface area contributed by atoms with Crippen molar-refractivity contribution in [2.45, 2.75) is 65.0 Å². The van der Waals surface area contributed by atoms with Crippen molar-refractivity contribution in [3.8, 4) is 0 Å². The second-order valence-corrected chi connectivity index (χ2v) is 7.11. The molecule has 0 saturated heterocycles. The Hall–Kier alpha value is -0.610. The predicted molar refractivity (Wildman–Crippen MR) is 85.2 cm³/mol. The zero-order valence-corrected chi connectivity index (χ0v) is 14.2. The third kappa shape index (κ3) is 4.43. The molecule has 0 aromatic heterocycles. The van der Waals surface area contributed by atoms with Crippen LogP contribution in [-0.4, -0.2) is 48.7 Å². The molecular formula is C17H32N2O2. The minimum atomic E-state index is -0.470. The third-order valence-corrected chi connectivity index (χ3v) is 4.50. The molecule has 0 amide bonds. The van der Waals surface area contributed by atoms with Gasteiger partial charge in [-0.15, -0.1) is 0 Å². The molecule has 2 aliphatic rings. The maximum absolute atomic E-state index is 12.7. The van der Waals surface area contributed by atoms with Gasteiger partial charge in [0.15, 0.2) is 0 Å². The molecule has 0 bridgehead atoms. The Kier molecular flexibility index (Phi) is 5.67. The highest BCUT2D eigenvalue weighted by molar-refractivity contribution is 5.82. The fraction of sp³-hybridized carbons (Fsp3) is 0.941. The fourth-order valence-corrected chi connectivity index (χ4v) is 3.19. The van der Waals surface area contributed by atoms with Crippen LogP contribution in [0.5, 0.6) is 0 Å². The molecule has 0 aromatic carbocycles. The molecule has 2 fully saturated rings. The molecule has 0 spiro atoms. The molecular weight excluding hydrogens is 264 g/mol. The summed E-state index contributed by atoms with van der Waals surface area (Å²) in [5.41, 5.74) is -0.470. The molecule has 122 valence electrons. The number of carbonyl (C=O) groups excluding carboxylic acids is 1. The van der Waals surface area contributed by atoms with Gasteiger partial charge in [-0.1, -0.05) is 20.8 Å². The van der Waals surface area contributed by atoms with Crippen LogP contribution < -0.4 is 5.32 Å². The normalized spacial score (nSPS) is 21.6. The van der Waals surface area contributed by atoms with E-state index in [1.807, 2.05) is 6.92 Å². The maximum Gasteiger partial charge on any atom is 0.327 e. The van der Waals surface area contributed by atoms with Crippen molar-refractivity contribution in [1.82, 2.24) is 10.2 Å². The number of nitrogens with one attached hydrogen (secondary N) is 1. The molecule has 4 nitrogen and oxygen atoms in total. The highest BCUT2D eigenvalue weighted by Crippen LogP contribution is 2.43. The second kappa shape index (κ2) is 7.10. The highest BCUT2D eigenvalue weighted by Gasteiger charge is 2.54. The molecule has 4 heteroatoms. The Morgan fingerprint density at radius 1 is 1.29 bits per heavy atom. The molecule has 21 heavy (non-hydrogen) atoms. The topological polar surface area (TPSA) is 41.6 Å². The van der Waals surface area contributed by atoms with Gasteiger partial charge in [0.05, 0.1) is 6.61 Å². The summed E-state index contributed by atoms with van der Waals surface area (Å²) in [6.07, 6.45) is 4.70. The van der Waals surface area contributed by atoms with Gasteiger partial charge in [0, 0.05) is 19.1 Å². The predicted octanol–water partition coefficient (Wildman–Crippen LogP) is 2.43. The van der Waals surface area contributed by atoms with Gasteiger partial charge in [0.1, 0.15) is 5.54 Å². The average Bonchev–Trinajstić information content (AvgIpc) is 3.28. The standard InChI is InChI=1S/C17H32N2O2/c1-5-19(11-13(3)4)12-17(14-7-8-14,16(20)21-6-2)18-15-9-10-15/h13-15,18H,5-12H2,1-4H3. The number of hydrogen-bond acceptors (Lipinski definition) is 4. The van der Waals surface area contributed by atoms with Crippen LogP contribution in [0, 0.1) is 11.8 Å². The van der Waals surface area contributed by atoms with Gasteiger partial charge in [-0.3, -0.25) is 5.32 Å². The minimum absolute atomic E-state index is 0.0263. The fourth-order valence-electron chi connectivity index (χ4n) is 3.19. The quantitative estimate of drug-likeness (QED) is 0.629. The molecule has 0 aromatic rings. The van der Waals surface area contributed by atoms with Gasteiger partial charge in [0.2, 0.25) is 0 Å². The van der Waals surface area contributed by atoms with Crippen molar-refractivity contribution >= 4 is 5.97 Å². The lowest BCUT2D eigenvalue weighted by Crippen LogP contribution is -2.62. The van der Waals surface area contributed by atoms with E-state index < -0.39 is 5.54 Å². The van der Waals surface area contributed by atoms with E-state index in [0.717, 1.165) is 32.5 Å². The minimum Gasteiger partial charge on any atom is -0.465 e. The lowest BCUT2D eigenvalue weighted by molar-refractivity contribution is -0.153. The molecule has 1 unspecified atom stereocenters. The monoisotopic (exact) mass is 296 g/mol. The van der Waals surface area contributed by atoms with Crippen LogP contribution in [0.4, 0.5) is 0 Å². The van der Waals surface area contributed by atoms with Gasteiger partial charge in [-0.2, -0.15) is 0 Å². The molecule has 2 saturated carbocycles. The summed E-state index contributed by atoms with van der Waals surface area (Å²) in [5, 5.41) is 3.67. The van der Waals surface area contributed by atoms with E-state index in [-0.39, 0.29) is 5.97 Å². The Morgan fingerprint density at radius 2 is 1.95 bits per heavy atom. The summed E-state index contributed by atoms with van der Waals surface area (Å²) in [6, 6.07) is 0.521. The molecule has 2 aliphatic carbocycles. The van der Waals surface area contributed by atoms with Crippen LogP contribution in [0.2, 0.25) is 0 Å². The van der Waals surface area contributed by atoms with Crippen LogP contribution in [-0.2, 0) is 9.53 Å². The summed E-state index contributed by atoms with van der Waals surface area (Å²) < 4.78 is 5.46. The SMILES string of the molecule is CCOC(=O)C(CN(CC)CC(C)C)(NC1CC1)C1CC1. The smallest absolute Gasteiger partial charge is 0.327 e. The van der Waals surface area contributed by atoms with Gasteiger partial charge < -0.3 is 9.64 Å². The van der Waals surface area contributed by atoms with Crippen molar-refractivity contribution in [2.24, 2.45) is 11.8 Å². The Labute approximate surface area is 129 Å². The molecule has 1 N–H and O–H groups in total. The van der Waals surface area contributed by atoms with Crippen molar-refractivity contribution in [2.75, 3.05) is 26.2 Å². The first kappa shape index (κ1) is 16.8. The van der Waals surface area contributed by atoms with Crippen LogP contribution in [0.25, 0.3) is 0 Å². The number of likely N-dealkylation sites (N-methyl/N-ethyl adjacent to an activating group) is 1. The summed E-state index contributed by atoms with van der Waals surface area (Å²) in [6.45, 7) is 11.8. The van der Waals surface area contributed by atoms with E-state index in [1.165, 1.54) is 12.8 Å². The number of carbonyl (C=O) groups is 1. The van der Waals surface area contributed by atoms with E-state index in [2.05, 4.69) is 31.0 Å². The van der Waals surface area contributed by atoms with Gasteiger partial charge >= 0.3 is 5.97 Å². The van der Waals surface area contributed by atoms with Crippen molar-refractivity contribution < 1.29 is 9.53 Å². The van der Waals surface area contributed by atoms with Crippen LogP contribution in [0.1, 0.15) is 53.4 Å². The van der Waals surface area contributed by atoms with Crippen molar-refractivity contribution in [3.63, 3.8) is 0 Å². The van der Waals surface area contributed by atoms with E-state index in [0.29, 0.717) is 24.5 Å². The van der Waals surface area contributed by atoms with E-state index in [4.69, 9.17) is 4.74 Å². The molecule has 0 radical (unpaired) electrons. The summed E-state index contributed by atoms with van der Waals surface area (Å²) >= 11 is 0. The number of esters is 1. The zero-order valence-electron chi connectivity index (χ0n) is 14.2. The number of ether oxygens (including phenoxy) is 1. The van der Waals surface area contributed by atoms with Crippen LogP contribution in [0.3, 0.4) is 0 Å². The first-order valence-corrected chi connectivity index (χ1v) is 8.69. The van der Waals surface area contributed by atoms with Gasteiger partial charge in [-0.25, -0.2) is 4.79 Å². The molecule has 0 heterocycles. The van der Waals surface area contributed by atoms with E-state index >= 15 is 0 Å². The third-order valence-electron chi connectivity index (χ3n) is 4.50. The largest absolute Gasteiger partial charge is 0.465 e. The Morgan fingerprint density at radius 3 is 2.38 bits per heavy atom. The highest BCUT2D eigenvalue weighted by atomic mass is 16.5. The number of nitrogens with zero attached hydrogens (tertiary/aromatic N) is 1. The van der Waals surface area contributed by atoms with Crippen molar-refractivity contribution in [1.29, 1.82) is 0 Å². The first-order valence-electron chi connectivity index (χ1n) is 8.69. The lowest BCUT2D eigenvalue weighted by Gasteiger charge is -2.38. The summed E-state index contributed by atoms with van der Waals surface area (Å²) in [5.74, 6) is 1.05.